The lowest BCUT2D eigenvalue weighted by Crippen LogP contribution is -2.39. The van der Waals surface area contributed by atoms with E-state index in [0.717, 1.165) is 67.8 Å². The van der Waals surface area contributed by atoms with Crippen molar-refractivity contribution >= 4 is 73.8 Å². The van der Waals surface area contributed by atoms with Gasteiger partial charge in [-0.15, -0.1) is 22.7 Å². The number of hydrogen-bond acceptors (Lipinski definition) is 9. The molecule has 15 rings (SSSR count). The first-order valence-corrected chi connectivity index (χ1v) is 31.4. The van der Waals surface area contributed by atoms with Crippen molar-refractivity contribution in [2.75, 3.05) is 6.54 Å². The summed E-state index contributed by atoms with van der Waals surface area (Å²) in [6, 6.07) is 61.5. The van der Waals surface area contributed by atoms with E-state index < -0.39 is 5.54 Å². The molecule has 4 aliphatic heterocycles. The van der Waals surface area contributed by atoms with Crippen LogP contribution in [0.5, 0.6) is 0 Å². The van der Waals surface area contributed by atoms with Gasteiger partial charge >= 0.3 is 0 Å². The summed E-state index contributed by atoms with van der Waals surface area (Å²) in [6.07, 6.45) is 7.04. The second-order valence-electron chi connectivity index (χ2n) is 22.0. The van der Waals surface area contributed by atoms with Crippen LogP contribution >= 0.6 is 45.3 Å². The van der Waals surface area contributed by atoms with E-state index in [1.807, 2.05) is 68.6 Å². The molecule has 0 fully saturated rings. The fourth-order valence-corrected chi connectivity index (χ4v) is 15.1. The smallest absolute Gasteiger partial charge is 0.227 e. The highest BCUT2D eigenvalue weighted by Crippen LogP contribution is 2.44. The largest absolute Gasteiger partial charge is 0.351 e. The van der Waals surface area contributed by atoms with Gasteiger partial charge in [-0.2, -0.15) is 5.10 Å². The van der Waals surface area contributed by atoms with Gasteiger partial charge in [0.25, 0.3) is 0 Å². The Morgan fingerprint density at radius 1 is 0.537 bits per heavy atom. The topological polar surface area (TPSA) is 99.8 Å². The maximum Gasteiger partial charge on any atom is 0.227 e. The van der Waals surface area contributed by atoms with Crippen LogP contribution in [0.25, 0.3) is 10.9 Å². The van der Waals surface area contributed by atoms with Gasteiger partial charge in [-0.3, -0.25) is 14.6 Å². The summed E-state index contributed by atoms with van der Waals surface area (Å²) in [7, 11) is 0. The van der Waals surface area contributed by atoms with Gasteiger partial charge in [-0.25, -0.2) is 14.6 Å². The molecule has 7 heterocycles. The second kappa shape index (κ2) is 23.3. The number of aromatic nitrogens is 4. The fourth-order valence-electron chi connectivity index (χ4n) is 12.8. The molecule has 0 saturated carbocycles. The molecule has 10 nitrogen and oxygen atoms in total. The minimum absolute atomic E-state index is 0.00577. The number of aryl methyl sites for hydroxylation is 2. The van der Waals surface area contributed by atoms with Crippen LogP contribution in [0.4, 0.5) is 0 Å². The van der Waals surface area contributed by atoms with E-state index in [-0.39, 0.29) is 23.9 Å². The van der Waals surface area contributed by atoms with Crippen molar-refractivity contribution in [3.63, 3.8) is 0 Å². The van der Waals surface area contributed by atoms with E-state index in [0.29, 0.717) is 32.5 Å². The van der Waals surface area contributed by atoms with Crippen LogP contribution in [0.2, 0.25) is 0 Å². The molecule has 82 heavy (non-hydrogen) atoms. The maximum absolute atomic E-state index is 13.6. The maximum atomic E-state index is 13.6. The third-order valence-corrected chi connectivity index (χ3v) is 19.8. The standard InChI is InChI=1S/C37H30IN3O.C25H24N4OS.C7H9NS/c1-26(27-14-6-2-7-15-27)40-25-29-22-33-34(23-28(29)24-35(40)42)41(39-36(33)38)37(30-16-8-3-9-17-30,31-18-10-4-11-19-31)32-20-12-5-13-21-32;1-16(17-5-3-2-4-6-17)29-13-20-10-21-19(9-18(20)11-24(29)30)12-26-25(21)28-8-7-22-23(14-28)31-15-27-22;1-2-4-7-6(3-1)8-5-9-7/h2-23,26H,24-25H2,1H3;2-6,9-10,15-16H,7-8,11-14H2,1H3;5H,1-4H2/t26-;16-;/m11./s1. The van der Waals surface area contributed by atoms with Crippen LogP contribution in [-0.2, 0) is 73.4 Å². The molecule has 0 N–H and O–H groups in total. The molecule has 410 valence electrons. The lowest BCUT2D eigenvalue weighted by atomic mass is 9.77. The Balaban J connectivity index is 0.000000137. The molecular formula is C69H63IN8O2S2. The fraction of sp³-hybridized carbons (Fsp3) is 0.246. The number of thiazole rings is 2. The number of halogens is 1. The van der Waals surface area contributed by atoms with E-state index in [1.165, 1.54) is 80.2 Å². The minimum Gasteiger partial charge on any atom is -0.351 e. The van der Waals surface area contributed by atoms with Crippen LogP contribution in [-0.4, -0.2) is 58.6 Å². The molecule has 0 radical (unpaired) electrons. The van der Waals surface area contributed by atoms with Gasteiger partial charge in [0.15, 0.2) is 0 Å². The predicted octanol–water partition coefficient (Wildman–Crippen LogP) is 14.3. The molecular weight excluding hydrogens is 1160 g/mol. The summed E-state index contributed by atoms with van der Waals surface area (Å²) < 4.78 is 3.13. The SMILES string of the molecule is C[C@H](c1ccccc1)N1Cc2cc3c(I)nn(C(c4ccccc4)(c4ccccc4)c4ccccc4)c3cc2CC1=O.C[C@H](c1ccccc1)N1Cc2cc3c(cc2CC1=O)CN=C3N1CCc2ncsc2C1.c1nc2c(s1)CCCC2. The van der Waals surface area contributed by atoms with Gasteiger partial charge in [0.2, 0.25) is 11.8 Å². The van der Waals surface area contributed by atoms with Gasteiger partial charge in [-0.05, 0) is 136 Å². The molecule has 0 spiro atoms. The summed E-state index contributed by atoms with van der Waals surface area (Å²) >= 11 is 5.93. The van der Waals surface area contributed by atoms with E-state index in [1.54, 1.807) is 11.3 Å². The number of benzene rings is 7. The number of carbonyl (C=O) groups is 2. The molecule has 5 aliphatic rings. The molecule has 0 unspecified atom stereocenters. The summed E-state index contributed by atoms with van der Waals surface area (Å²) in [5.74, 6) is 1.47. The van der Waals surface area contributed by atoms with Crippen molar-refractivity contribution in [1.29, 1.82) is 0 Å². The highest BCUT2D eigenvalue weighted by molar-refractivity contribution is 14.1. The quantitative estimate of drug-likeness (QED) is 0.111. The van der Waals surface area contributed by atoms with Crippen LogP contribution in [0.1, 0.15) is 121 Å². The second-order valence-corrected chi connectivity index (χ2v) is 24.9. The summed E-state index contributed by atoms with van der Waals surface area (Å²) in [5.41, 5.74) is 19.7. The average molecular weight is 1230 g/mol. The molecule has 0 saturated heterocycles. The zero-order chi connectivity index (χ0) is 55.7. The van der Waals surface area contributed by atoms with Crippen LogP contribution in [0.3, 0.4) is 0 Å². The Bertz CT molecular complexity index is 3840. The number of hydrogen-bond donors (Lipinski definition) is 0. The monoisotopic (exact) mass is 1230 g/mol. The normalized spacial score (nSPS) is 16.1. The summed E-state index contributed by atoms with van der Waals surface area (Å²) in [6.45, 7) is 8.05. The van der Waals surface area contributed by atoms with E-state index in [4.69, 9.17) is 10.1 Å². The Labute approximate surface area is 501 Å². The highest BCUT2D eigenvalue weighted by atomic mass is 127. The molecule has 2 atom stereocenters. The van der Waals surface area contributed by atoms with Crippen LogP contribution in [0.15, 0.2) is 192 Å². The Morgan fingerprint density at radius 3 is 1.60 bits per heavy atom. The van der Waals surface area contributed by atoms with Gasteiger partial charge in [0.05, 0.1) is 65.9 Å². The van der Waals surface area contributed by atoms with Gasteiger partial charge in [-0.1, -0.05) is 158 Å². The lowest BCUT2D eigenvalue weighted by molar-refractivity contribution is -0.135. The molecule has 7 aromatic carbocycles. The number of rotatable bonds is 8. The van der Waals surface area contributed by atoms with Crippen molar-refractivity contribution in [3.05, 3.63) is 273 Å². The third-order valence-electron chi connectivity index (χ3n) is 17.2. The number of amides is 2. The Morgan fingerprint density at radius 2 is 1.04 bits per heavy atom. The highest BCUT2D eigenvalue weighted by Gasteiger charge is 2.42. The number of carbonyl (C=O) groups excluding carboxylic acids is 2. The lowest BCUT2D eigenvalue weighted by Gasteiger charge is -2.37. The molecule has 13 heteroatoms. The number of amidine groups is 1. The summed E-state index contributed by atoms with van der Waals surface area (Å²) in [5, 5.41) is 6.39. The third kappa shape index (κ3) is 10.3. The molecule has 3 aromatic heterocycles. The number of fused-ring (bicyclic) bond motifs is 6. The molecule has 10 aromatic rings. The van der Waals surface area contributed by atoms with Gasteiger partial charge < -0.3 is 14.7 Å². The van der Waals surface area contributed by atoms with Crippen LogP contribution < -0.4 is 0 Å². The van der Waals surface area contributed by atoms with Crippen molar-refractivity contribution in [3.8, 4) is 0 Å². The first-order valence-electron chi connectivity index (χ1n) is 28.5. The van der Waals surface area contributed by atoms with Crippen molar-refractivity contribution in [1.82, 2.24) is 34.4 Å². The molecule has 1 aliphatic carbocycles. The average Bonchev–Trinajstić information content (AvgIpc) is 2.29. The summed E-state index contributed by atoms with van der Waals surface area (Å²) in [4.78, 5) is 49.5. The van der Waals surface area contributed by atoms with Gasteiger partial charge in [0.1, 0.15) is 15.1 Å². The zero-order valence-electron chi connectivity index (χ0n) is 46.1. The Kier molecular flexibility index (Phi) is 15.3. The van der Waals surface area contributed by atoms with Crippen molar-refractivity contribution in [2.24, 2.45) is 4.99 Å². The van der Waals surface area contributed by atoms with Crippen LogP contribution in [0, 0.1) is 3.70 Å². The predicted molar refractivity (Wildman–Crippen MR) is 337 cm³/mol. The minimum atomic E-state index is -0.716. The van der Waals surface area contributed by atoms with Gasteiger partial charge in [0, 0.05) is 46.8 Å². The Hall–Kier alpha value is -7.59. The van der Waals surface area contributed by atoms with Crippen molar-refractivity contribution in [2.45, 2.75) is 103 Å². The zero-order valence-corrected chi connectivity index (χ0v) is 49.9. The van der Waals surface area contributed by atoms with Crippen molar-refractivity contribution < 1.29 is 9.59 Å². The first kappa shape index (κ1) is 53.7. The van der Waals surface area contributed by atoms with E-state index in [9.17, 15) is 9.59 Å². The first-order chi connectivity index (χ1) is 40.2. The molecule has 0 bridgehead atoms. The number of nitrogens with zero attached hydrogens (tertiary/aromatic N) is 8. The molecule has 2 amide bonds. The van der Waals surface area contributed by atoms with E-state index in [2.05, 4.69) is 196 Å². The van der Waals surface area contributed by atoms with E-state index >= 15 is 0 Å². The number of aliphatic imine (C=N–C) groups is 1.